The maximum atomic E-state index is 12.0. The van der Waals surface area contributed by atoms with Crippen LogP contribution in [0.1, 0.15) is 26.7 Å². The van der Waals surface area contributed by atoms with Crippen LogP contribution in [-0.4, -0.2) is 45.2 Å². The lowest BCUT2D eigenvalue weighted by molar-refractivity contribution is 0.388. The fourth-order valence-electron chi connectivity index (χ4n) is 2.11. The molecule has 16 heavy (non-hydrogen) atoms. The molecule has 1 saturated heterocycles. The van der Waals surface area contributed by atoms with Gasteiger partial charge in [0, 0.05) is 13.1 Å². The van der Waals surface area contributed by atoms with E-state index in [1.54, 1.807) is 4.31 Å². The quantitative estimate of drug-likeness (QED) is 0.711. The highest BCUT2D eigenvalue weighted by Crippen LogP contribution is 2.25. The summed E-state index contributed by atoms with van der Waals surface area (Å²) in [6.07, 6.45) is 1.71. The maximum absolute atomic E-state index is 12.0. The topological polar surface area (TPSA) is 49.4 Å². The predicted octanol–water partition coefficient (Wildman–Crippen LogP) is 0.904. The predicted molar refractivity (Wildman–Crippen MR) is 66.8 cm³/mol. The molecule has 0 aromatic rings. The van der Waals surface area contributed by atoms with Crippen LogP contribution in [-0.2, 0) is 10.0 Å². The molecule has 0 amide bonds. The number of hydrogen-bond acceptors (Lipinski definition) is 3. The van der Waals surface area contributed by atoms with E-state index in [1.807, 2.05) is 7.05 Å². The summed E-state index contributed by atoms with van der Waals surface area (Å²) in [5.74, 6) is 1.40. The number of rotatable bonds is 6. The second kappa shape index (κ2) is 5.98. The van der Waals surface area contributed by atoms with Crippen LogP contribution in [0.15, 0.2) is 0 Å². The van der Waals surface area contributed by atoms with E-state index in [0.29, 0.717) is 24.8 Å². The fourth-order valence-corrected chi connectivity index (χ4v) is 3.68. The van der Waals surface area contributed by atoms with Gasteiger partial charge in [-0.05, 0) is 38.3 Å². The molecule has 1 atom stereocenters. The average molecular weight is 248 g/mol. The monoisotopic (exact) mass is 248 g/mol. The Morgan fingerprint density at radius 1 is 1.44 bits per heavy atom. The lowest BCUT2D eigenvalue weighted by Gasteiger charge is -2.18. The van der Waals surface area contributed by atoms with E-state index in [9.17, 15) is 8.42 Å². The van der Waals surface area contributed by atoms with Gasteiger partial charge in [-0.2, -0.15) is 0 Å². The molecule has 4 nitrogen and oxygen atoms in total. The van der Waals surface area contributed by atoms with Gasteiger partial charge in [0.1, 0.15) is 0 Å². The van der Waals surface area contributed by atoms with E-state index in [-0.39, 0.29) is 5.75 Å². The molecule has 0 bridgehead atoms. The summed E-state index contributed by atoms with van der Waals surface area (Å²) >= 11 is 0. The van der Waals surface area contributed by atoms with Gasteiger partial charge in [-0.15, -0.1) is 0 Å². The van der Waals surface area contributed by atoms with Crippen molar-refractivity contribution >= 4 is 10.0 Å². The van der Waals surface area contributed by atoms with Gasteiger partial charge in [0.05, 0.1) is 5.75 Å². The number of nitrogens with one attached hydrogen (secondary N) is 1. The molecule has 1 unspecified atom stereocenters. The third kappa shape index (κ3) is 3.71. The second-order valence-electron chi connectivity index (χ2n) is 4.92. The summed E-state index contributed by atoms with van der Waals surface area (Å²) in [7, 11) is -1.16. The summed E-state index contributed by atoms with van der Waals surface area (Å²) in [6, 6.07) is 0. The molecule has 1 aliphatic heterocycles. The molecular formula is C11H24N2O2S. The summed E-state index contributed by atoms with van der Waals surface area (Å²) in [5.41, 5.74) is 0. The Balaban J connectivity index is 2.45. The standard InChI is InChI=1S/C11H24N2O2S/c1-10(2)11-5-7-13(9-11)16(14,15)8-4-6-12-3/h10-12H,4-9H2,1-3H3. The molecule has 0 aliphatic carbocycles. The Morgan fingerprint density at radius 3 is 2.62 bits per heavy atom. The molecule has 0 radical (unpaired) electrons. The third-order valence-electron chi connectivity index (χ3n) is 3.35. The number of sulfonamides is 1. The van der Waals surface area contributed by atoms with E-state index < -0.39 is 10.0 Å². The van der Waals surface area contributed by atoms with Gasteiger partial charge in [0.2, 0.25) is 10.0 Å². The second-order valence-corrected chi connectivity index (χ2v) is 7.01. The van der Waals surface area contributed by atoms with E-state index in [2.05, 4.69) is 19.2 Å². The maximum Gasteiger partial charge on any atom is 0.214 e. The lowest BCUT2D eigenvalue weighted by atomic mass is 9.96. The first-order chi connectivity index (χ1) is 7.47. The van der Waals surface area contributed by atoms with Crippen molar-refractivity contribution in [2.75, 3.05) is 32.4 Å². The van der Waals surface area contributed by atoms with Crippen LogP contribution in [0, 0.1) is 11.8 Å². The largest absolute Gasteiger partial charge is 0.320 e. The van der Waals surface area contributed by atoms with Crippen LogP contribution in [0.4, 0.5) is 0 Å². The average Bonchev–Trinajstić information content (AvgIpc) is 2.67. The minimum Gasteiger partial charge on any atom is -0.320 e. The van der Waals surface area contributed by atoms with Crippen LogP contribution in [0.25, 0.3) is 0 Å². The van der Waals surface area contributed by atoms with Gasteiger partial charge < -0.3 is 5.32 Å². The number of nitrogens with zero attached hydrogens (tertiary/aromatic N) is 1. The summed E-state index contributed by atoms with van der Waals surface area (Å²) in [5, 5.41) is 2.97. The van der Waals surface area contributed by atoms with Crippen LogP contribution < -0.4 is 5.32 Å². The van der Waals surface area contributed by atoms with Crippen molar-refractivity contribution in [3.63, 3.8) is 0 Å². The molecule has 1 aliphatic rings. The molecule has 1 rings (SSSR count). The Labute approximate surface area is 99.5 Å². The van der Waals surface area contributed by atoms with Crippen molar-refractivity contribution in [1.29, 1.82) is 0 Å². The van der Waals surface area contributed by atoms with Gasteiger partial charge in [0.25, 0.3) is 0 Å². The smallest absolute Gasteiger partial charge is 0.214 e. The van der Waals surface area contributed by atoms with Crippen LogP contribution in [0.5, 0.6) is 0 Å². The van der Waals surface area contributed by atoms with Gasteiger partial charge >= 0.3 is 0 Å². The zero-order chi connectivity index (χ0) is 12.2. The summed E-state index contributed by atoms with van der Waals surface area (Å²) in [6.45, 7) is 6.54. The molecule has 1 fully saturated rings. The van der Waals surface area contributed by atoms with E-state index in [0.717, 1.165) is 19.5 Å². The van der Waals surface area contributed by atoms with Crippen molar-refractivity contribution in [3.8, 4) is 0 Å². The molecule has 0 aromatic heterocycles. The van der Waals surface area contributed by atoms with E-state index >= 15 is 0 Å². The van der Waals surface area contributed by atoms with Gasteiger partial charge in [-0.25, -0.2) is 12.7 Å². The summed E-state index contributed by atoms with van der Waals surface area (Å²) in [4.78, 5) is 0. The minimum atomic E-state index is -3.01. The SMILES string of the molecule is CNCCCS(=O)(=O)N1CCC(C(C)C)C1. The van der Waals surface area contributed by atoms with Crippen molar-refractivity contribution in [3.05, 3.63) is 0 Å². The van der Waals surface area contributed by atoms with Crippen molar-refractivity contribution < 1.29 is 8.42 Å². The minimum absolute atomic E-state index is 0.276. The molecular weight excluding hydrogens is 224 g/mol. The normalized spacial score (nSPS) is 23.1. The van der Waals surface area contributed by atoms with Crippen LogP contribution >= 0.6 is 0 Å². The van der Waals surface area contributed by atoms with Crippen LogP contribution in [0.2, 0.25) is 0 Å². The Kier molecular flexibility index (Phi) is 5.21. The fraction of sp³-hybridized carbons (Fsp3) is 1.00. The Hall–Kier alpha value is -0.130. The lowest BCUT2D eigenvalue weighted by Crippen LogP contribution is -2.32. The first-order valence-corrected chi connectivity index (χ1v) is 7.70. The van der Waals surface area contributed by atoms with Crippen molar-refractivity contribution in [2.24, 2.45) is 11.8 Å². The molecule has 0 spiro atoms. The highest BCUT2D eigenvalue weighted by molar-refractivity contribution is 7.89. The van der Waals surface area contributed by atoms with E-state index in [1.165, 1.54) is 0 Å². The summed E-state index contributed by atoms with van der Waals surface area (Å²) < 4.78 is 25.6. The molecule has 96 valence electrons. The number of hydrogen-bond donors (Lipinski definition) is 1. The first kappa shape index (κ1) is 13.9. The third-order valence-corrected chi connectivity index (χ3v) is 5.28. The molecule has 0 saturated carbocycles. The zero-order valence-electron chi connectivity index (χ0n) is 10.6. The molecule has 5 heteroatoms. The van der Waals surface area contributed by atoms with Crippen LogP contribution in [0.3, 0.4) is 0 Å². The van der Waals surface area contributed by atoms with Gasteiger partial charge in [-0.1, -0.05) is 13.8 Å². The molecule has 0 aromatic carbocycles. The van der Waals surface area contributed by atoms with Crippen molar-refractivity contribution in [1.82, 2.24) is 9.62 Å². The molecule has 1 N–H and O–H groups in total. The first-order valence-electron chi connectivity index (χ1n) is 6.10. The van der Waals surface area contributed by atoms with Gasteiger partial charge in [-0.3, -0.25) is 0 Å². The highest BCUT2D eigenvalue weighted by atomic mass is 32.2. The molecule has 1 heterocycles. The van der Waals surface area contributed by atoms with E-state index in [4.69, 9.17) is 0 Å². The highest BCUT2D eigenvalue weighted by Gasteiger charge is 2.31. The zero-order valence-corrected chi connectivity index (χ0v) is 11.4. The van der Waals surface area contributed by atoms with Gasteiger partial charge in [0.15, 0.2) is 0 Å². The van der Waals surface area contributed by atoms with Crippen molar-refractivity contribution in [2.45, 2.75) is 26.7 Å². The Morgan fingerprint density at radius 2 is 2.12 bits per heavy atom. The Bertz CT molecular complexity index is 301.